The van der Waals surface area contributed by atoms with E-state index in [1.165, 1.54) is 0 Å². The summed E-state index contributed by atoms with van der Waals surface area (Å²) in [5.74, 6) is -0.917. The van der Waals surface area contributed by atoms with Gasteiger partial charge in [-0.05, 0) is 25.2 Å². The van der Waals surface area contributed by atoms with Crippen LogP contribution in [-0.2, 0) is 9.59 Å². The smallest absolute Gasteiger partial charge is 0.326 e. The third-order valence-electron chi connectivity index (χ3n) is 2.29. The Balaban J connectivity index is 2.57. The molecule has 2 atom stereocenters. The second-order valence-electron chi connectivity index (χ2n) is 3.14. The van der Waals surface area contributed by atoms with Gasteiger partial charge in [0.05, 0.1) is 0 Å². The number of carboxylic acid groups (broad SMARTS) is 1. The number of allylic oxidation sites excluding steroid dienone is 2. The standard InChI is InChI=1S/C9H13NO3/c11-6-10-8(9(12)13)7-4-2-1-3-5-7/h1-2,6-8H,3-5H2,(H,10,11)(H,12,13). The van der Waals surface area contributed by atoms with Gasteiger partial charge in [0.15, 0.2) is 0 Å². The number of amides is 1. The van der Waals surface area contributed by atoms with E-state index in [2.05, 4.69) is 5.32 Å². The molecule has 1 amide bonds. The van der Waals surface area contributed by atoms with Gasteiger partial charge < -0.3 is 10.4 Å². The summed E-state index contributed by atoms with van der Waals surface area (Å²) in [5, 5.41) is 11.1. The minimum absolute atomic E-state index is 0.0349. The van der Waals surface area contributed by atoms with Crippen molar-refractivity contribution in [3.05, 3.63) is 12.2 Å². The van der Waals surface area contributed by atoms with E-state index in [1.54, 1.807) is 0 Å². The summed E-state index contributed by atoms with van der Waals surface area (Å²) >= 11 is 0. The second-order valence-corrected chi connectivity index (χ2v) is 3.14. The Bertz CT molecular complexity index is 225. The second kappa shape index (κ2) is 4.64. The first-order chi connectivity index (χ1) is 6.25. The molecule has 0 radical (unpaired) electrons. The van der Waals surface area contributed by atoms with Crippen LogP contribution in [0, 0.1) is 5.92 Å². The fourth-order valence-corrected chi connectivity index (χ4v) is 1.60. The molecule has 0 saturated carbocycles. The van der Waals surface area contributed by atoms with E-state index in [4.69, 9.17) is 5.11 Å². The van der Waals surface area contributed by atoms with Crippen LogP contribution in [0.5, 0.6) is 0 Å². The summed E-state index contributed by atoms with van der Waals surface area (Å²) in [6.07, 6.45) is 6.92. The van der Waals surface area contributed by atoms with Gasteiger partial charge in [-0.1, -0.05) is 12.2 Å². The molecule has 0 heterocycles. The van der Waals surface area contributed by atoms with Crippen LogP contribution in [0.1, 0.15) is 19.3 Å². The summed E-state index contributed by atoms with van der Waals surface area (Å²) < 4.78 is 0. The number of hydrogen-bond donors (Lipinski definition) is 2. The van der Waals surface area contributed by atoms with Crippen LogP contribution in [0.2, 0.25) is 0 Å². The molecular formula is C9H13NO3. The minimum Gasteiger partial charge on any atom is -0.480 e. The molecule has 2 unspecified atom stereocenters. The molecule has 0 spiro atoms. The Morgan fingerprint density at radius 2 is 2.38 bits per heavy atom. The molecule has 0 bridgehead atoms. The number of rotatable bonds is 4. The Labute approximate surface area is 76.6 Å². The lowest BCUT2D eigenvalue weighted by molar-refractivity contribution is -0.142. The summed E-state index contributed by atoms with van der Waals surface area (Å²) in [4.78, 5) is 20.9. The molecule has 0 fully saturated rings. The highest BCUT2D eigenvalue weighted by molar-refractivity contribution is 5.76. The monoisotopic (exact) mass is 183 g/mol. The van der Waals surface area contributed by atoms with Crippen molar-refractivity contribution in [2.45, 2.75) is 25.3 Å². The van der Waals surface area contributed by atoms with Gasteiger partial charge in [-0.25, -0.2) is 4.79 Å². The first-order valence-corrected chi connectivity index (χ1v) is 4.33. The molecule has 0 aliphatic heterocycles. The van der Waals surface area contributed by atoms with Crippen molar-refractivity contribution in [1.29, 1.82) is 0 Å². The van der Waals surface area contributed by atoms with Gasteiger partial charge in [-0.3, -0.25) is 4.79 Å². The number of nitrogens with one attached hydrogen (secondary N) is 1. The number of carbonyl (C=O) groups excluding carboxylic acids is 1. The van der Waals surface area contributed by atoms with Crippen molar-refractivity contribution in [2.75, 3.05) is 0 Å². The fraction of sp³-hybridized carbons (Fsp3) is 0.556. The maximum atomic E-state index is 10.7. The molecule has 1 aliphatic rings. The zero-order chi connectivity index (χ0) is 9.68. The minimum atomic E-state index is -0.951. The van der Waals surface area contributed by atoms with Crippen molar-refractivity contribution in [1.82, 2.24) is 5.32 Å². The van der Waals surface area contributed by atoms with Crippen LogP contribution in [-0.4, -0.2) is 23.5 Å². The van der Waals surface area contributed by atoms with Gasteiger partial charge >= 0.3 is 5.97 Å². The average molecular weight is 183 g/mol. The summed E-state index contributed by atoms with van der Waals surface area (Å²) in [7, 11) is 0. The number of aliphatic carboxylic acids is 1. The molecule has 0 saturated heterocycles. The Morgan fingerprint density at radius 1 is 1.62 bits per heavy atom. The van der Waals surface area contributed by atoms with Crippen LogP contribution in [0.3, 0.4) is 0 Å². The highest BCUT2D eigenvalue weighted by Gasteiger charge is 2.27. The first-order valence-electron chi connectivity index (χ1n) is 4.33. The maximum Gasteiger partial charge on any atom is 0.326 e. The first kappa shape index (κ1) is 9.77. The highest BCUT2D eigenvalue weighted by atomic mass is 16.4. The molecule has 4 heteroatoms. The lowest BCUT2D eigenvalue weighted by Gasteiger charge is -2.23. The summed E-state index contributed by atoms with van der Waals surface area (Å²) in [6.45, 7) is 0. The molecule has 2 N–H and O–H groups in total. The van der Waals surface area contributed by atoms with Crippen molar-refractivity contribution in [2.24, 2.45) is 5.92 Å². The van der Waals surface area contributed by atoms with Crippen molar-refractivity contribution >= 4 is 12.4 Å². The van der Waals surface area contributed by atoms with E-state index < -0.39 is 12.0 Å². The zero-order valence-electron chi connectivity index (χ0n) is 7.27. The van der Waals surface area contributed by atoms with E-state index in [0.29, 0.717) is 6.41 Å². The summed E-state index contributed by atoms with van der Waals surface area (Å²) in [5.41, 5.74) is 0. The van der Waals surface area contributed by atoms with Crippen LogP contribution in [0.15, 0.2) is 12.2 Å². The molecule has 0 aromatic rings. The highest BCUT2D eigenvalue weighted by Crippen LogP contribution is 2.21. The quantitative estimate of drug-likeness (QED) is 0.494. The summed E-state index contributed by atoms with van der Waals surface area (Å²) in [6, 6.07) is -0.734. The molecular weight excluding hydrogens is 170 g/mol. The third kappa shape index (κ3) is 2.57. The molecule has 0 aromatic carbocycles. The topological polar surface area (TPSA) is 66.4 Å². The van der Waals surface area contributed by atoms with E-state index in [-0.39, 0.29) is 5.92 Å². The van der Waals surface area contributed by atoms with Crippen LogP contribution in [0.4, 0.5) is 0 Å². The number of carbonyl (C=O) groups is 2. The van der Waals surface area contributed by atoms with Crippen molar-refractivity contribution < 1.29 is 14.7 Å². The van der Waals surface area contributed by atoms with Gasteiger partial charge in [0.1, 0.15) is 6.04 Å². The SMILES string of the molecule is O=CNC(C(=O)O)C1CC=CCC1. The fourth-order valence-electron chi connectivity index (χ4n) is 1.60. The van der Waals surface area contributed by atoms with E-state index >= 15 is 0 Å². The predicted octanol–water partition coefficient (Wildman–Crippen LogP) is 0.542. The lowest BCUT2D eigenvalue weighted by Crippen LogP contribution is -2.42. The van der Waals surface area contributed by atoms with Gasteiger partial charge in [0.25, 0.3) is 0 Å². The molecule has 13 heavy (non-hydrogen) atoms. The van der Waals surface area contributed by atoms with Crippen LogP contribution < -0.4 is 5.32 Å². The van der Waals surface area contributed by atoms with Gasteiger partial charge in [-0.2, -0.15) is 0 Å². The lowest BCUT2D eigenvalue weighted by atomic mass is 9.88. The van der Waals surface area contributed by atoms with Crippen LogP contribution >= 0.6 is 0 Å². The zero-order valence-corrected chi connectivity index (χ0v) is 7.27. The van der Waals surface area contributed by atoms with Crippen LogP contribution in [0.25, 0.3) is 0 Å². The van der Waals surface area contributed by atoms with Crippen molar-refractivity contribution in [3.8, 4) is 0 Å². The molecule has 1 aliphatic carbocycles. The van der Waals surface area contributed by atoms with Gasteiger partial charge in [0, 0.05) is 0 Å². The Hall–Kier alpha value is -1.32. The number of carboxylic acids is 1. The Kier molecular flexibility index (Phi) is 3.49. The molecule has 0 aromatic heterocycles. The normalized spacial score (nSPS) is 23.5. The maximum absolute atomic E-state index is 10.7. The molecule has 4 nitrogen and oxygen atoms in total. The van der Waals surface area contributed by atoms with E-state index in [1.807, 2.05) is 12.2 Å². The van der Waals surface area contributed by atoms with Gasteiger partial charge in [0.2, 0.25) is 6.41 Å². The largest absolute Gasteiger partial charge is 0.480 e. The van der Waals surface area contributed by atoms with E-state index in [9.17, 15) is 9.59 Å². The molecule has 1 rings (SSSR count). The Morgan fingerprint density at radius 3 is 2.85 bits per heavy atom. The molecule has 72 valence electrons. The average Bonchev–Trinajstić information content (AvgIpc) is 2.15. The van der Waals surface area contributed by atoms with Crippen molar-refractivity contribution in [3.63, 3.8) is 0 Å². The third-order valence-corrected chi connectivity index (χ3v) is 2.29. The number of hydrogen-bond acceptors (Lipinski definition) is 2. The predicted molar refractivity (Wildman–Crippen MR) is 47.1 cm³/mol. The van der Waals surface area contributed by atoms with Gasteiger partial charge in [-0.15, -0.1) is 0 Å². The van der Waals surface area contributed by atoms with E-state index in [0.717, 1.165) is 19.3 Å².